The number of hydrogen-bond acceptors (Lipinski definition) is 3. The summed E-state index contributed by atoms with van der Waals surface area (Å²) in [6.45, 7) is 1.77. The summed E-state index contributed by atoms with van der Waals surface area (Å²) in [5.74, 6) is 1.10. The van der Waals surface area contributed by atoms with Gasteiger partial charge in [0.1, 0.15) is 0 Å². The Morgan fingerprint density at radius 2 is 1.71 bits per heavy atom. The zero-order chi connectivity index (χ0) is 10.1. The number of benzene rings is 1. The first-order valence-corrected chi connectivity index (χ1v) is 5.50. The molecule has 0 aliphatic heterocycles. The van der Waals surface area contributed by atoms with Crippen molar-refractivity contribution in [2.45, 2.75) is 6.92 Å². The van der Waals surface area contributed by atoms with Gasteiger partial charge in [0.2, 0.25) is 11.8 Å². The van der Waals surface area contributed by atoms with Crippen LogP contribution in [0.15, 0.2) is 31.6 Å². The molecule has 0 radical (unpaired) electrons. The largest absolute Gasteiger partial charge is 0.421 e. The molecule has 0 fully saturated rings. The summed E-state index contributed by atoms with van der Waals surface area (Å²) in [5.41, 5.74) is 0.895. The summed E-state index contributed by atoms with van der Waals surface area (Å²) >= 11 is 6.79. The van der Waals surface area contributed by atoms with E-state index >= 15 is 0 Å². The van der Waals surface area contributed by atoms with Crippen LogP contribution < -0.4 is 0 Å². The van der Waals surface area contributed by atoms with Crippen LogP contribution in [0.5, 0.6) is 0 Å². The normalized spacial score (nSPS) is 10.5. The van der Waals surface area contributed by atoms with E-state index in [-0.39, 0.29) is 0 Å². The molecule has 0 bridgehead atoms. The Hall–Kier alpha value is -0.680. The number of halogens is 2. The van der Waals surface area contributed by atoms with Gasteiger partial charge in [0, 0.05) is 21.4 Å². The molecule has 0 amide bonds. The minimum atomic E-state index is 0.532. The molecule has 5 heteroatoms. The summed E-state index contributed by atoms with van der Waals surface area (Å²) in [4.78, 5) is 0. The smallest absolute Gasteiger partial charge is 0.247 e. The average Bonchev–Trinajstić information content (AvgIpc) is 2.50. The summed E-state index contributed by atoms with van der Waals surface area (Å²) in [5, 5.41) is 7.71. The van der Waals surface area contributed by atoms with Gasteiger partial charge < -0.3 is 4.42 Å². The molecular weight excluding hydrogens is 312 g/mol. The Labute approximate surface area is 97.8 Å². The predicted molar refractivity (Wildman–Crippen MR) is 59.9 cm³/mol. The second-order valence-electron chi connectivity index (χ2n) is 2.78. The molecular formula is C9H6Br2N2O. The van der Waals surface area contributed by atoms with E-state index < -0.39 is 0 Å². The highest BCUT2D eigenvalue weighted by Gasteiger charge is 2.07. The maximum absolute atomic E-state index is 5.32. The molecule has 0 saturated heterocycles. The van der Waals surface area contributed by atoms with E-state index in [1.807, 2.05) is 18.2 Å². The highest BCUT2D eigenvalue weighted by Crippen LogP contribution is 2.26. The van der Waals surface area contributed by atoms with Crippen LogP contribution in [-0.2, 0) is 0 Å². The summed E-state index contributed by atoms with van der Waals surface area (Å²) < 4.78 is 7.26. The SMILES string of the molecule is Cc1nnc(-c2cc(Br)cc(Br)c2)o1. The lowest BCUT2D eigenvalue weighted by atomic mass is 10.2. The number of aromatic nitrogens is 2. The molecule has 0 spiro atoms. The number of nitrogens with zero attached hydrogens (tertiary/aromatic N) is 2. The van der Waals surface area contributed by atoms with Crippen LogP contribution in [0.3, 0.4) is 0 Å². The Morgan fingerprint density at radius 3 is 2.21 bits per heavy atom. The Balaban J connectivity index is 2.51. The lowest BCUT2D eigenvalue weighted by Crippen LogP contribution is -1.78. The molecule has 72 valence electrons. The van der Waals surface area contributed by atoms with Gasteiger partial charge in [0.05, 0.1) is 0 Å². The molecule has 0 aliphatic carbocycles. The summed E-state index contributed by atoms with van der Waals surface area (Å²) in [7, 11) is 0. The van der Waals surface area contributed by atoms with E-state index in [4.69, 9.17) is 4.42 Å². The molecule has 1 aromatic carbocycles. The Bertz CT molecular complexity index is 447. The number of aryl methyl sites for hydroxylation is 1. The van der Waals surface area contributed by atoms with Gasteiger partial charge in [-0.2, -0.15) is 0 Å². The van der Waals surface area contributed by atoms with Crippen LogP contribution in [0, 0.1) is 6.92 Å². The van der Waals surface area contributed by atoms with Crippen molar-refractivity contribution in [2.75, 3.05) is 0 Å². The number of rotatable bonds is 1. The fourth-order valence-corrected chi connectivity index (χ4v) is 2.38. The van der Waals surface area contributed by atoms with E-state index in [0.717, 1.165) is 14.5 Å². The van der Waals surface area contributed by atoms with Crippen molar-refractivity contribution in [3.63, 3.8) is 0 Å². The Kier molecular flexibility index (Phi) is 2.69. The first-order chi connectivity index (χ1) is 6.65. The average molecular weight is 318 g/mol. The molecule has 0 N–H and O–H groups in total. The monoisotopic (exact) mass is 316 g/mol. The molecule has 1 aromatic heterocycles. The second-order valence-corrected chi connectivity index (χ2v) is 4.62. The van der Waals surface area contributed by atoms with E-state index in [1.165, 1.54) is 0 Å². The topological polar surface area (TPSA) is 38.9 Å². The van der Waals surface area contributed by atoms with Gasteiger partial charge in [-0.3, -0.25) is 0 Å². The first kappa shape index (κ1) is 9.86. The lowest BCUT2D eigenvalue weighted by Gasteiger charge is -1.97. The molecule has 0 saturated carbocycles. The third kappa shape index (κ3) is 2.04. The van der Waals surface area contributed by atoms with Crippen LogP contribution in [-0.4, -0.2) is 10.2 Å². The van der Waals surface area contributed by atoms with Crippen molar-refractivity contribution >= 4 is 31.9 Å². The van der Waals surface area contributed by atoms with Gasteiger partial charge in [-0.1, -0.05) is 31.9 Å². The molecule has 0 aliphatic rings. The quantitative estimate of drug-likeness (QED) is 0.807. The van der Waals surface area contributed by atoms with Crippen LogP contribution in [0.25, 0.3) is 11.5 Å². The van der Waals surface area contributed by atoms with E-state index in [9.17, 15) is 0 Å². The summed E-state index contributed by atoms with van der Waals surface area (Å²) in [6, 6.07) is 5.81. The van der Waals surface area contributed by atoms with Gasteiger partial charge in [0.15, 0.2) is 0 Å². The maximum Gasteiger partial charge on any atom is 0.247 e. The minimum absolute atomic E-state index is 0.532. The van der Waals surface area contributed by atoms with Crippen molar-refractivity contribution in [1.82, 2.24) is 10.2 Å². The van der Waals surface area contributed by atoms with E-state index in [2.05, 4.69) is 42.1 Å². The minimum Gasteiger partial charge on any atom is -0.421 e. The van der Waals surface area contributed by atoms with Gasteiger partial charge >= 0.3 is 0 Å². The van der Waals surface area contributed by atoms with Crippen molar-refractivity contribution in [3.8, 4) is 11.5 Å². The molecule has 14 heavy (non-hydrogen) atoms. The van der Waals surface area contributed by atoms with Crippen LogP contribution >= 0.6 is 31.9 Å². The van der Waals surface area contributed by atoms with Crippen molar-refractivity contribution < 1.29 is 4.42 Å². The highest BCUT2D eigenvalue weighted by atomic mass is 79.9. The summed E-state index contributed by atoms with van der Waals surface area (Å²) in [6.07, 6.45) is 0. The maximum atomic E-state index is 5.32. The van der Waals surface area contributed by atoms with E-state index in [0.29, 0.717) is 11.8 Å². The highest BCUT2D eigenvalue weighted by molar-refractivity contribution is 9.11. The zero-order valence-corrected chi connectivity index (χ0v) is 10.5. The standard InChI is InChI=1S/C9H6Br2N2O/c1-5-12-13-9(14-5)6-2-7(10)4-8(11)3-6/h2-4H,1H3. The van der Waals surface area contributed by atoms with Crippen molar-refractivity contribution in [1.29, 1.82) is 0 Å². The van der Waals surface area contributed by atoms with Crippen molar-refractivity contribution in [3.05, 3.63) is 33.0 Å². The fraction of sp³-hybridized carbons (Fsp3) is 0.111. The molecule has 2 aromatic rings. The number of hydrogen-bond donors (Lipinski definition) is 0. The third-order valence-corrected chi connectivity index (χ3v) is 2.55. The fourth-order valence-electron chi connectivity index (χ4n) is 1.09. The zero-order valence-electron chi connectivity index (χ0n) is 7.29. The molecule has 0 atom stereocenters. The molecule has 1 heterocycles. The van der Waals surface area contributed by atoms with Gasteiger partial charge in [-0.25, -0.2) is 0 Å². The Morgan fingerprint density at radius 1 is 1.07 bits per heavy atom. The van der Waals surface area contributed by atoms with Crippen LogP contribution in [0.2, 0.25) is 0 Å². The van der Waals surface area contributed by atoms with E-state index in [1.54, 1.807) is 6.92 Å². The lowest BCUT2D eigenvalue weighted by molar-refractivity contribution is 0.532. The van der Waals surface area contributed by atoms with Gasteiger partial charge in [0.25, 0.3) is 0 Å². The second kappa shape index (κ2) is 3.82. The first-order valence-electron chi connectivity index (χ1n) is 3.92. The van der Waals surface area contributed by atoms with Crippen LogP contribution in [0.4, 0.5) is 0 Å². The van der Waals surface area contributed by atoms with Gasteiger partial charge in [-0.15, -0.1) is 10.2 Å². The molecule has 2 rings (SSSR count). The molecule has 0 unspecified atom stereocenters. The van der Waals surface area contributed by atoms with Crippen molar-refractivity contribution in [2.24, 2.45) is 0 Å². The predicted octanol–water partition coefficient (Wildman–Crippen LogP) is 3.57. The molecule has 3 nitrogen and oxygen atoms in total. The van der Waals surface area contributed by atoms with Crippen LogP contribution in [0.1, 0.15) is 5.89 Å². The van der Waals surface area contributed by atoms with Gasteiger partial charge in [-0.05, 0) is 18.2 Å². The third-order valence-electron chi connectivity index (χ3n) is 1.64.